The van der Waals surface area contributed by atoms with Gasteiger partial charge in [-0.25, -0.2) is 0 Å². The average molecular weight is 287 g/mol. The quantitative estimate of drug-likeness (QED) is 0.901. The molecule has 5 heteroatoms. The van der Waals surface area contributed by atoms with Crippen molar-refractivity contribution in [3.8, 4) is 0 Å². The van der Waals surface area contributed by atoms with Gasteiger partial charge in [-0.3, -0.25) is 4.79 Å². The molecule has 19 heavy (non-hydrogen) atoms. The summed E-state index contributed by atoms with van der Waals surface area (Å²) in [5.74, 6) is 0.0114. The molecule has 0 heterocycles. The number of nitrogens with zero attached hydrogens (tertiary/aromatic N) is 1. The van der Waals surface area contributed by atoms with Gasteiger partial charge in [0.25, 0.3) is 0 Å². The number of methoxy groups -OCH3 is 1. The third kappa shape index (κ3) is 5.19. The van der Waals surface area contributed by atoms with E-state index in [1.54, 1.807) is 19.1 Å². The van der Waals surface area contributed by atoms with Gasteiger partial charge in [-0.1, -0.05) is 6.07 Å². The summed E-state index contributed by atoms with van der Waals surface area (Å²) < 4.78 is 5.13. The van der Waals surface area contributed by atoms with Crippen LogP contribution in [0.2, 0.25) is 0 Å². The van der Waals surface area contributed by atoms with Crippen molar-refractivity contribution in [2.45, 2.75) is 26.4 Å². The Labute approximate surface area is 121 Å². The Kier molecular flexibility index (Phi) is 7.68. The minimum Gasteiger partial charge on any atom is -0.380 e. The summed E-state index contributed by atoms with van der Waals surface area (Å²) in [6, 6.07) is 6.07. The molecule has 0 fully saturated rings. The molecule has 1 atom stereocenters. The zero-order valence-corrected chi connectivity index (χ0v) is 12.8. The molecule has 0 spiro atoms. The molecular weight excluding hydrogens is 264 g/mol. The second kappa shape index (κ2) is 8.15. The van der Waals surface area contributed by atoms with E-state index in [9.17, 15) is 4.79 Å². The molecule has 0 aliphatic heterocycles. The van der Waals surface area contributed by atoms with Crippen LogP contribution in [0.15, 0.2) is 18.2 Å². The molecular formula is C14H23ClN2O2. The van der Waals surface area contributed by atoms with Gasteiger partial charge in [0.2, 0.25) is 5.91 Å². The normalized spacial score (nSPS) is 11.6. The van der Waals surface area contributed by atoms with Gasteiger partial charge in [-0.2, -0.15) is 0 Å². The molecule has 2 N–H and O–H groups in total. The number of halogens is 1. The molecule has 1 rings (SSSR count). The molecule has 0 aliphatic rings. The van der Waals surface area contributed by atoms with E-state index in [4.69, 9.17) is 10.5 Å². The number of nitrogens with two attached hydrogens (primary N) is 1. The highest BCUT2D eigenvalue weighted by Gasteiger charge is 2.16. The first-order valence-electron chi connectivity index (χ1n) is 6.05. The highest BCUT2D eigenvalue weighted by atomic mass is 35.5. The number of anilines is 1. The van der Waals surface area contributed by atoms with E-state index >= 15 is 0 Å². The van der Waals surface area contributed by atoms with Gasteiger partial charge in [0.1, 0.15) is 0 Å². The fourth-order valence-corrected chi connectivity index (χ4v) is 1.88. The van der Waals surface area contributed by atoms with Crippen LogP contribution >= 0.6 is 12.4 Å². The molecule has 1 aromatic rings. The first-order valence-corrected chi connectivity index (χ1v) is 6.05. The van der Waals surface area contributed by atoms with Crippen molar-refractivity contribution in [2.75, 3.05) is 25.6 Å². The number of rotatable bonds is 5. The van der Waals surface area contributed by atoms with Crippen LogP contribution in [-0.2, 0) is 9.53 Å². The monoisotopic (exact) mass is 286 g/mol. The van der Waals surface area contributed by atoms with Gasteiger partial charge < -0.3 is 15.4 Å². The van der Waals surface area contributed by atoms with Crippen LogP contribution in [0, 0.1) is 13.8 Å². The van der Waals surface area contributed by atoms with E-state index in [-0.39, 0.29) is 24.4 Å². The number of hydrogen-bond donors (Lipinski definition) is 1. The summed E-state index contributed by atoms with van der Waals surface area (Å²) in [5.41, 5.74) is 8.72. The lowest BCUT2D eigenvalue weighted by Crippen LogP contribution is -2.33. The van der Waals surface area contributed by atoms with Crippen molar-refractivity contribution in [1.29, 1.82) is 0 Å². The Bertz CT molecular complexity index is 400. The Morgan fingerprint density at radius 3 is 2.26 bits per heavy atom. The van der Waals surface area contributed by atoms with Crippen molar-refractivity contribution >= 4 is 24.0 Å². The molecule has 0 aromatic heterocycles. The standard InChI is InChI=1S/C14H22N2O2.ClH/c1-10-5-11(2)7-12(6-10)16(3)14(17)8-13(9-15)18-4;/h5-7,13H,8-9,15H2,1-4H3;1H. The molecule has 0 aliphatic carbocycles. The molecule has 1 unspecified atom stereocenters. The maximum Gasteiger partial charge on any atom is 0.229 e. The number of amides is 1. The molecule has 0 bridgehead atoms. The number of hydrogen-bond acceptors (Lipinski definition) is 3. The molecule has 0 saturated carbocycles. The number of carbonyl (C=O) groups is 1. The van der Waals surface area contributed by atoms with E-state index in [0.29, 0.717) is 13.0 Å². The van der Waals surface area contributed by atoms with Gasteiger partial charge in [-0.15, -0.1) is 12.4 Å². The van der Waals surface area contributed by atoms with E-state index in [2.05, 4.69) is 6.07 Å². The lowest BCUT2D eigenvalue weighted by molar-refractivity contribution is -0.120. The topological polar surface area (TPSA) is 55.6 Å². The summed E-state index contributed by atoms with van der Waals surface area (Å²) in [5, 5.41) is 0. The summed E-state index contributed by atoms with van der Waals surface area (Å²) >= 11 is 0. The van der Waals surface area contributed by atoms with Crippen LogP contribution in [0.5, 0.6) is 0 Å². The lowest BCUT2D eigenvalue weighted by atomic mass is 10.1. The molecule has 1 amide bonds. The summed E-state index contributed by atoms with van der Waals surface area (Å²) in [4.78, 5) is 13.7. The Hall–Kier alpha value is -1.10. The molecule has 1 aromatic carbocycles. The summed E-state index contributed by atoms with van der Waals surface area (Å²) in [6.45, 7) is 4.39. The predicted octanol–water partition coefficient (Wildman–Crippen LogP) is 2.05. The minimum absolute atomic E-state index is 0. The van der Waals surface area contributed by atoms with E-state index in [1.165, 1.54) is 0 Å². The summed E-state index contributed by atoms with van der Waals surface area (Å²) in [7, 11) is 3.35. The van der Waals surface area contributed by atoms with Crippen LogP contribution in [0.1, 0.15) is 17.5 Å². The van der Waals surface area contributed by atoms with Crippen molar-refractivity contribution < 1.29 is 9.53 Å². The van der Waals surface area contributed by atoms with Crippen LogP contribution in [0.4, 0.5) is 5.69 Å². The van der Waals surface area contributed by atoms with Gasteiger partial charge in [0.05, 0.1) is 12.5 Å². The molecule has 0 radical (unpaired) electrons. The zero-order chi connectivity index (χ0) is 13.7. The maximum atomic E-state index is 12.1. The summed E-state index contributed by atoms with van der Waals surface area (Å²) in [6.07, 6.45) is 0.0853. The number of benzene rings is 1. The third-order valence-electron chi connectivity index (χ3n) is 2.97. The molecule has 108 valence electrons. The second-order valence-electron chi connectivity index (χ2n) is 4.60. The first kappa shape index (κ1) is 17.9. The number of ether oxygens (including phenoxy) is 1. The smallest absolute Gasteiger partial charge is 0.229 e. The fourth-order valence-electron chi connectivity index (χ4n) is 1.88. The maximum absolute atomic E-state index is 12.1. The van der Waals surface area contributed by atoms with Crippen LogP contribution in [0.25, 0.3) is 0 Å². The van der Waals surface area contributed by atoms with Crippen LogP contribution < -0.4 is 10.6 Å². The highest BCUT2D eigenvalue weighted by molar-refractivity contribution is 5.93. The van der Waals surface area contributed by atoms with Gasteiger partial charge in [-0.05, 0) is 37.1 Å². The number of carbonyl (C=O) groups excluding carboxylic acids is 1. The Balaban J connectivity index is 0.00000324. The van der Waals surface area contributed by atoms with Gasteiger partial charge in [0, 0.05) is 26.4 Å². The Morgan fingerprint density at radius 1 is 1.32 bits per heavy atom. The van der Waals surface area contributed by atoms with Gasteiger partial charge >= 0.3 is 0 Å². The van der Waals surface area contributed by atoms with Crippen molar-refractivity contribution in [3.63, 3.8) is 0 Å². The first-order chi connectivity index (χ1) is 8.47. The van der Waals surface area contributed by atoms with Gasteiger partial charge in [0.15, 0.2) is 0 Å². The van der Waals surface area contributed by atoms with Crippen LogP contribution in [0.3, 0.4) is 0 Å². The minimum atomic E-state index is -0.217. The van der Waals surface area contributed by atoms with Crippen LogP contribution in [-0.4, -0.2) is 32.7 Å². The SMILES string of the molecule is COC(CN)CC(=O)N(C)c1cc(C)cc(C)c1.Cl. The fraction of sp³-hybridized carbons (Fsp3) is 0.500. The van der Waals surface area contributed by atoms with Crippen molar-refractivity contribution in [1.82, 2.24) is 0 Å². The van der Waals surface area contributed by atoms with E-state index in [1.807, 2.05) is 26.0 Å². The number of aryl methyl sites for hydroxylation is 2. The molecule has 4 nitrogen and oxygen atoms in total. The highest BCUT2D eigenvalue weighted by Crippen LogP contribution is 2.18. The van der Waals surface area contributed by atoms with E-state index < -0.39 is 0 Å². The van der Waals surface area contributed by atoms with E-state index in [0.717, 1.165) is 16.8 Å². The van der Waals surface area contributed by atoms with Crippen molar-refractivity contribution in [2.24, 2.45) is 5.73 Å². The lowest BCUT2D eigenvalue weighted by Gasteiger charge is -2.21. The second-order valence-corrected chi connectivity index (χ2v) is 4.60. The zero-order valence-electron chi connectivity index (χ0n) is 12.0. The average Bonchev–Trinajstić information content (AvgIpc) is 2.33. The predicted molar refractivity (Wildman–Crippen MR) is 81.0 cm³/mol. The largest absolute Gasteiger partial charge is 0.380 e. The third-order valence-corrected chi connectivity index (χ3v) is 2.97. The molecule has 0 saturated heterocycles. The Morgan fingerprint density at radius 2 is 1.84 bits per heavy atom. The van der Waals surface area contributed by atoms with Crippen molar-refractivity contribution in [3.05, 3.63) is 29.3 Å².